The second kappa shape index (κ2) is 6.26. The van der Waals surface area contributed by atoms with Crippen LogP contribution in [-0.4, -0.2) is 39.5 Å². The van der Waals surface area contributed by atoms with Gasteiger partial charge < -0.3 is 10.2 Å². The summed E-state index contributed by atoms with van der Waals surface area (Å²) in [6.45, 7) is 2.90. The Kier molecular flexibility index (Phi) is 3.99. The fourth-order valence-corrected chi connectivity index (χ4v) is 3.80. The van der Waals surface area contributed by atoms with Gasteiger partial charge in [0.15, 0.2) is 5.82 Å². The molecule has 2 fully saturated rings. The van der Waals surface area contributed by atoms with E-state index < -0.39 is 0 Å². The summed E-state index contributed by atoms with van der Waals surface area (Å²) in [6.07, 6.45) is 6.57. The molecule has 0 radical (unpaired) electrons. The van der Waals surface area contributed by atoms with Crippen LogP contribution in [0.1, 0.15) is 41.6 Å². The van der Waals surface area contributed by atoms with E-state index in [2.05, 4.69) is 30.6 Å². The zero-order chi connectivity index (χ0) is 14.8. The molecule has 0 atom stereocenters. The van der Waals surface area contributed by atoms with Gasteiger partial charge in [0.25, 0.3) is 0 Å². The largest absolute Gasteiger partial charge is 0.355 e. The number of aromatic nitrogens is 4. The highest BCUT2D eigenvalue weighted by Gasteiger charge is 2.27. The molecular weight excluding hydrogens is 296 g/mol. The fourth-order valence-electron chi connectivity index (χ4n) is 2.84. The van der Waals surface area contributed by atoms with Gasteiger partial charge in [-0.3, -0.25) is 0 Å². The van der Waals surface area contributed by atoms with Crippen molar-refractivity contribution in [2.75, 3.05) is 18.0 Å². The van der Waals surface area contributed by atoms with Gasteiger partial charge >= 0.3 is 0 Å². The fraction of sp³-hybridized carbons (Fsp3) is 0.600. The first kappa shape index (κ1) is 14.0. The van der Waals surface area contributed by atoms with E-state index in [0.717, 1.165) is 43.3 Å². The van der Waals surface area contributed by atoms with E-state index in [-0.39, 0.29) is 0 Å². The van der Waals surface area contributed by atoms with Crippen molar-refractivity contribution in [3.8, 4) is 0 Å². The lowest BCUT2D eigenvalue weighted by molar-refractivity contribution is 0.411. The molecule has 4 rings (SSSR count). The molecule has 0 aromatic carbocycles. The molecular formula is C15H20N6S. The Balaban J connectivity index is 1.25. The molecule has 1 N–H and O–H groups in total. The van der Waals surface area contributed by atoms with Gasteiger partial charge in [-0.25, -0.2) is 0 Å². The molecule has 0 bridgehead atoms. The van der Waals surface area contributed by atoms with Crippen molar-refractivity contribution in [2.24, 2.45) is 0 Å². The van der Waals surface area contributed by atoms with Crippen molar-refractivity contribution in [1.82, 2.24) is 25.7 Å². The Hall–Kier alpha value is -1.60. The number of piperidine rings is 1. The number of nitrogens with zero attached hydrogens (tertiary/aromatic N) is 5. The van der Waals surface area contributed by atoms with Crippen LogP contribution in [-0.2, 0) is 6.54 Å². The van der Waals surface area contributed by atoms with Crippen molar-refractivity contribution < 1.29 is 0 Å². The third-order valence-electron chi connectivity index (χ3n) is 4.33. The predicted octanol–water partition coefficient (Wildman–Crippen LogP) is 1.96. The minimum Gasteiger partial charge on any atom is -0.355 e. The standard InChI is InChI=1S/C15H20N6S/c1-2-13(18-17-7-1)21-8-5-12(6-9-21)16-10-14-19-20-15(22-14)11-3-4-11/h1-2,7,11-12,16H,3-6,8-10H2. The van der Waals surface area contributed by atoms with E-state index in [1.807, 2.05) is 12.1 Å². The minimum absolute atomic E-state index is 0.557. The summed E-state index contributed by atoms with van der Waals surface area (Å²) in [5, 5.41) is 22.7. The summed E-state index contributed by atoms with van der Waals surface area (Å²) < 4.78 is 0. The first-order valence-corrected chi connectivity index (χ1v) is 8.78. The lowest BCUT2D eigenvalue weighted by Crippen LogP contribution is -2.42. The van der Waals surface area contributed by atoms with E-state index in [9.17, 15) is 0 Å². The van der Waals surface area contributed by atoms with Crippen LogP contribution in [0.2, 0.25) is 0 Å². The van der Waals surface area contributed by atoms with Crippen molar-refractivity contribution >= 4 is 17.2 Å². The molecule has 2 aromatic heterocycles. The summed E-state index contributed by atoms with van der Waals surface area (Å²) in [5.41, 5.74) is 0. The second-order valence-electron chi connectivity index (χ2n) is 6.03. The molecule has 0 unspecified atom stereocenters. The molecule has 2 aromatic rings. The maximum atomic E-state index is 4.30. The van der Waals surface area contributed by atoms with E-state index in [4.69, 9.17) is 0 Å². The normalized spacial score (nSPS) is 19.5. The van der Waals surface area contributed by atoms with Crippen LogP contribution in [0, 0.1) is 0 Å². The summed E-state index contributed by atoms with van der Waals surface area (Å²) in [7, 11) is 0. The SMILES string of the molecule is c1cnnc(N2CCC(NCc3nnc(C4CC4)s3)CC2)c1. The smallest absolute Gasteiger partial charge is 0.151 e. The zero-order valence-electron chi connectivity index (χ0n) is 12.5. The summed E-state index contributed by atoms with van der Waals surface area (Å²) in [6, 6.07) is 4.53. The molecule has 0 spiro atoms. The molecule has 22 heavy (non-hydrogen) atoms. The molecule has 1 saturated heterocycles. The number of anilines is 1. The number of hydrogen-bond acceptors (Lipinski definition) is 7. The highest BCUT2D eigenvalue weighted by molar-refractivity contribution is 7.11. The van der Waals surface area contributed by atoms with Crippen LogP contribution in [0.25, 0.3) is 0 Å². The summed E-state index contributed by atoms with van der Waals surface area (Å²) in [5.74, 6) is 1.70. The van der Waals surface area contributed by atoms with Crippen LogP contribution in [0.4, 0.5) is 5.82 Å². The lowest BCUT2D eigenvalue weighted by Gasteiger charge is -2.32. The van der Waals surface area contributed by atoms with Crippen LogP contribution in [0.5, 0.6) is 0 Å². The molecule has 7 heteroatoms. The van der Waals surface area contributed by atoms with Crippen molar-refractivity contribution in [2.45, 2.75) is 44.2 Å². The van der Waals surface area contributed by atoms with Gasteiger partial charge in [0.2, 0.25) is 0 Å². The van der Waals surface area contributed by atoms with Crippen molar-refractivity contribution in [3.05, 3.63) is 28.3 Å². The molecule has 3 heterocycles. The van der Waals surface area contributed by atoms with Gasteiger partial charge in [0.1, 0.15) is 10.0 Å². The van der Waals surface area contributed by atoms with Gasteiger partial charge in [0, 0.05) is 37.8 Å². The van der Waals surface area contributed by atoms with Crippen molar-refractivity contribution in [3.63, 3.8) is 0 Å². The Morgan fingerprint density at radius 3 is 2.73 bits per heavy atom. The van der Waals surface area contributed by atoms with Gasteiger partial charge in [-0.1, -0.05) is 11.3 Å². The Morgan fingerprint density at radius 2 is 2.00 bits per heavy atom. The number of hydrogen-bond donors (Lipinski definition) is 1. The van der Waals surface area contributed by atoms with Crippen molar-refractivity contribution in [1.29, 1.82) is 0 Å². The molecule has 6 nitrogen and oxygen atoms in total. The Morgan fingerprint density at radius 1 is 1.14 bits per heavy atom. The topological polar surface area (TPSA) is 66.8 Å². The van der Waals surface area contributed by atoms with E-state index in [0.29, 0.717) is 12.0 Å². The maximum Gasteiger partial charge on any atom is 0.151 e. The molecule has 2 aliphatic rings. The number of nitrogens with one attached hydrogen (secondary N) is 1. The van der Waals surface area contributed by atoms with Crippen LogP contribution in [0.3, 0.4) is 0 Å². The highest BCUT2D eigenvalue weighted by Crippen LogP contribution is 2.41. The number of rotatable bonds is 5. The molecule has 0 amide bonds. The maximum absolute atomic E-state index is 4.30. The van der Waals surface area contributed by atoms with Crippen LogP contribution < -0.4 is 10.2 Å². The van der Waals surface area contributed by atoms with E-state index in [1.165, 1.54) is 17.8 Å². The third kappa shape index (κ3) is 3.25. The summed E-state index contributed by atoms with van der Waals surface area (Å²) in [4.78, 5) is 2.31. The van der Waals surface area contributed by atoms with Gasteiger partial charge in [-0.05, 0) is 37.8 Å². The van der Waals surface area contributed by atoms with Crippen LogP contribution >= 0.6 is 11.3 Å². The first-order chi connectivity index (χ1) is 10.9. The quantitative estimate of drug-likeness (QED) is 0.909. The first-order valence-electron chi connectivity index (χ1n) is 7.97. The van der Waals surface area contributed by atoms with E-state index >= 15 is 0 Å². The molecule has 116 valence electrons. The van der Waals surface area contributed by atoms with E-state index in [1.54, 1.807) is 17.5 Å². The Labute approximate surface area is 134 Å². The third-order valence-corrected chi connectivity index (χ3v) is 5.41. The molecule has 1 saturated carbocycles. The molecule has 1 aliphatic carbocycles. The zero-order valence-corrected chi connectivity index (χ0v) is 13.3. The van der Waals surface area contributed by atoms with Gasteiger partial charge in [0.05, 0.1) is 0 Å². The van der Waals surface area contributed by atoms with Crippen LogP contribution in [0.15, 0.2) is 18.3 Å². The predicted molar refractivity (Wildman–Crippen MR) is 86.0 cm³/mol. The highest BCUT2D eigenvalue weighted by atomic mass is 32.1. The Bertz CT molecular complexity index is 604. The minimum atomic E-state index is 0.557. The lowest BCUT2D eigenvalue weighted by atomic mass is 10.1. The second-order valence-corrected chi connectivity index (χ2v) is 7.13. The average Bonchev–Trinajstić information content (AvgIpc) is 3.33. The van der Waals surface area contributed by atoms with Gasteiger partial charge in [-0.15, -0.1) is 15.3 Å². The summed E-state index contributed by atoms with van der Waals surface area (Å²) >= 11 is 1.78. The van der Waals surface area contributed by atoms with Gasteiger partial charge in [-0.2, -0.15) is 5.10 Å². The molecule has 1 aliphatic heterocycles. The average molecular weight is 316 g/mol. The monoisotopic (exact) mass is 316 g/mol.